The smallest absolute Gasteiger partial charge is 0.191 e. The van der Waals surface area contributed by atoms with Crippen LogP contribution in [0.4, 0.5) is 4.39 Å². The molecule has 0 bridgehead atoms. The summed E-state index contributed by atoms with van der Waals surface area (Å²) in [4.78, 5) is 0. The van der Waals surface area contributed by atoms with E-state index in [1.807, 2.05) is 18.5 Å². The molecule has 0 saturated heterocycles. The summed E-state index contributed by atoms with van der Waals surface area (Å²) in [5, 5.41) is 17.7. The minimum absolute atomic E-state index is 0.0315. The van der Waals surface area contributed by atoms with E-state index in [4.69, 9.17) is 5.26 Å². The average molecular weight is 276 g/mol. The highest BCUT2D eigenvalue weighted by molar-refractivity contribution is 7.99. The van der Waals surface area contributed by atoms with Crippen molar-refractivity contribution in [3.63, 3.8) is 0 Å². The molecule has 4 nitrogen and oxygen atoms in total. The Morgan fingerprint density at radius 2 is 2.05 bits per heavy atom. The predicted octanol–water partition coefficient (Wildman–Crippen LogP) is 2.87. The summed E-state index contributed by atoms with van der Waals surface area (Å²) in [6.07, 6.45) is 0. The zero-order valence-corrected chi connectivity index (χ0v) is 11.5. The minimum Gasteiger partial charge on any atom is -0.305 e. The highest BCUT2D eigenvalue weighted by atomic mass is 32.2. The molecule has 0 unspecified atom stereocenters. The number of thioether (sulfide) groups is 1. The summed E-state index contributed by atoms with van der Waals surface area (Å²) >= 11 is 1.49. The molecule has 0 amide bonds. The van der Waals surface area contributed by atoms with Gasteiger partial charge >= 0.3 is 0 Å². The fourth-order valence-corrected chi connectivity index (χ4v) is 2.38. The van der Waals surface area contributed by atoms with Crippen LogP contribution in [0.3, 0.4) is 0 Å². The Morgan fingerprint density at radius 1 is 1.37 bits per heavy atom. The molecule has 0 saturated carbocycles. The number of benzene rings is 1. The van der Waals surface area contributed by atoms with E-state index >= 15 is 0 Å². The Labute approximate surface area is 115 Å². The van der Waals surface area contributed by atoms with Crippen molar-refractivity contribution in [3.8, 4) is 17.5 Å². The van der Waals surface area contributed by atoms with Gasteiger partial charge in [-0.3, -0.25) is 0 Å². The fraction of sp³-hybridized carbons (Fsp3) is 0.308. The lowest BCUT2D eigenvalue weighted by molar-refractivity contribution is 0.628. The Balaban J connectivity index is 2.18. The van der Waals surface area contributed by atoms with Crippen LogP contribution in [0.1, 0.15) is 6.92 Å². The lowest BCUT2D eigenvalue weighted by atomic mass is 10.2. The second kappa shape index (κ2) is 5.85. The van der Waals surface area contributed by atoms with E-state index in [0.29, 0.717) is 11.6 Å². The lowest BCUT2D eigenvalue weighted by Crippen LogP contribution is -1.98. The van der Waals surface area contributed by atoms with Crippen molar-refractivity contribution in [3.05, 3.63) is 30.1 Å². The van der Waals surface area contributed by atoms with Gasteiger partial charge in [-0.25, -0.2) is 4.39 Å². The van der Waals surface area contributed by atoms with Crippen molar-refractivity contribution < 1.29 is 4.39 Å². The number of aromatic nitrogens is 3. The number of hydrogen-bond donors (Lipinski definition) is 0. The first-order valence-corrected chi connectivity index (χ1v) is 6.78. The zero-order chi connectivity index (χ0) is 13.8. The summed E-state index contributed by atoms with van der Waals surface area (Å²) in [5.74, 6) is 1.05. The highest BCUT2D eigenvalue weighted by Crippen LogP contribution is 2.23. The molecule has 0 aliphatic rings. The average Bonchev–Trinajstić information content (AvgIpc) is 2.78. The van der Waals surface area contributed by atoms with Crippen LogP contribution in [-0.2, 0) is 7.05 Å². The number of nitrogens with zero attached hydrogens (tertiary/aromatic N) is 4. The van der Waals surface area contributed by atoms with E-state index in [2.05, 4.69) is 16.3 Å². The maximum Gasteiger partial charge on any atom is 0.191 e. The quantitative estimate of drug-likeness (QED) is 0.806. The van der Waals surface area contributed by atoms with E-state index in [9.17, 15) is 4.39 Å². The van der Waals surface area contributed by atoms with E-state index < -0.39 is 0 Å². The Bertz CT molecular complexity index is 600. The van der Waals surface area contributed by atoms with Crippen LogP contribution >= 0.6 is 11.8 Å². The molecule has 1 aromatic carbocycles. The van der Waals surface area contributed by atoms with Crippen molar-refractivity contribution in [2.75, 3.05) is 5.75 Å². The van der Waals surface area contributed by atoms with Gasteiger partial charge < -0.3 is 4.57 Å². The van der Waals surface area contributed by atoms with Crippen molar-refractivity contribution in [1.82, 2.24) is 14.8 Å². The van der Waals surface area contributed by atoms with Crippen LogP contribution in [0.2, 0.25) is 0 Å². The first kappa shape index (κ1) is 13.6. The number of rotatable bonds is 4. The molecule has 6 heteroatoms. The van der Waals surface area contributed by atoms with Crippen LogP contribution in [0, 0.1) is 23.1 Å². The molecule has 2 aromatic rings. The maximum atomic E-state index is 12.9. The van der Waals surface area contributed by atoms with Crippen LogP contribution in [0.5, 0.6) is 0 Å². The minimum atomic E-state index is -0.275. The van der Waals surface area contributed by atoms with Crippen LogP contribution < -0.4 is 0 Å². The topological polar surface area (TPSA) is 54.5 Å². The molecule has 98 valence electrons. The molecule has 0 N–H and O–H groups in total. The third-order valence-electron chi connectivity index (χ3n) is 2.62. The monoisotopic (exact) mass is 276 g/mol. The zero-order valence-electron chi connectivity index (χ0n) is 10.7. The molecular formula is C13H13FN4S. The Kier molecular flexibility index (Phi) is 4.17. The molecular weight excluding hydrogens is 263 g/mol. The molecule has 19 heavy (non-hydrogen) atoms. The van der Waals surface area contributed by atoms with Crippen molar-refractivity contribution in [2.24, 2.45) is 13.0 Å². The number of hydrogen-bond acceptors (Lipinski definition) is 4. The van der Waals surface area contributed by atoms with E-state index in [1.165, 1.54) is 23.9 Å². The van der Waals surface area contributed by atoms with Gasteiger partial charge in [-0.1, -0.05) is 11.8 Å². The van der Waals surface area contributed by atoms with Gasteiger partial charge in [0.15, 0.2) is 11.0 Å². The van der Waals surface area contributed by atoms with E-state index in [0.717, 1.165) is 10.7 Å². The second-order valence-electron chi connectivity index (χ2n) is 4.21. The first-order valence-electron chi connectivity index (χ1n) is 5.79. The predicted molar refractivity (Wildman–Crippen MR) is 71.9 cm³/mol. The van der Waals surface area contributed by atoms with E-state index in [-0.39, 0.29) is 11.7 Å². The molecule has 0 radical (unpaired) electrons. The summed E-state index contributed by atoms with van der Waals surface area (Å²) < 4.78 is 14.7. The van der Waals surface area contributed by atoms with Gasteiger partial charge in [0.05, 0.1) is 12.0 Å². The van der Waals surface area contributed by atoms with Gasteiger partial charge in [-0.15, -0.1) is 10.2 Å². The van der Waals surface area contributed by atoms with Crippen LogP contribution in [0.15, 0.2) is 29.4 Å². The van der Waals surface area contributed by atoms with Gasteiger partial charge in [-0.05, 0) is 31.2 Å². The SMILES string of the molecule is C[C@H](C#N)CSc1nnc(-c2ccc(F)cc2)n1C. The lowest BCUT2D eigenvalue weighted by Gasteiger charge is -2.04. The van der Waals surface area contributed by atoms with Crippen molar-refractivity contribution in [1.29, 1.82) is 5.26 Å². The maximum absolute atomic E-state index is 12.9. The summed E-state index contributed by atoms with van der Waals surface area (Å²) in [7, 11) is 1.86. The molecule has 1 atom stereocenters. The summed E-state index contributed by atoms with van der Waals surface area (Å²) in [6.45, 7) is 1.87. The van der Waals surface area contributed by atoms with Crippen LogP contribution in [0.25, 0.3) is 11.4 Å². The molecule has 0 spiro atoms. The molecule has 1 heterocycles. The van der Waals surface area contributed by atoms with Crippen LogP contribution in [-0.4, -0.2) is 20.5 Å². The third kappa shape index (κ3) is 3.12. The fourth-order valence-electron chi connectivity index (χ4n) is 1.53. The normalized spacial score (nSPS) is 12.1. The Morgan fingerprint density at radius 3 is 2.68 bits per heavy atom. The number of nitriles is 1. The second-order valence-corrected chi connectivity index (χ2v) is 5.20. The molecule has 1 aromatic heterocycles. The number of halogens is 1. The first-order chi connectivity index (χ1) is 9.11. The van der Waals surface area contributed by atoms with Crippen molar-refractivity contribution in [2.45, 2.75) is 12.1 Å². The van der Waals surface area contributed by atoms with E-state index in [1.54, 1.807) is 12.1 Å². The Hall–Kier alpha value is -1.87. The highest BCUT2D eigenvalue weighted by Gasteiger charge is 2.12. The standard InChI is InChI=1S/C13H13FN4S/c1-9(7-15)8-19-13-17-16-12(18(13)2)10-3-5-11(14)6-4-10/h3-6,9H,8H2,1-2H3/t9-/m1/s1. The summed E-state index contributed by atoms with van der Waals surface area (Å²) in [6, 6.07) is 8.32. The third-order valence-corrected chi connectivity index (χ3v) is 3.90. The van der Waals surface area contributed by atoms with Gasteiger partial charge in [-0.2, -0.15) is 5.26 Å². The molecule has 0 fully saturated rings. The van der Waals surface area contributed by atoms with Gasteiger partial charge in [0.25, 0.3) is 0 Å². The largest absolute Gasteiger partial charge is 0.305 e. The summed E-state index contributed by atoms with van der Waals surface area (Å²) in [5.41, 5.74) is 0.816. The molecule has 0 aliphatic carbocycles. The molecule has 0 aliphatic heterocycles. The van der Waals surface area contributed by atoms with Gasteiger partial charge in [0.1, 0.15) is 5.82 Å². The van der Waals surface area contributed by atoms with Gasteiger partial charge in [0.2, 0.25) is 0 Å². The molecule has 2 rings (SSSR count). The van der Waals surface area contributed by atoms with Crippen molar-refractivity contribution >= 4 is 11.8 Å². The van der Waals surface area contributed by atoms with Gasteiger partial charge in [0, 0.05) is 18.4 Å².